The number of benzene rings is 1. The molecule has 0 unspecified atom stereocenters. The number of hydrogen-bond donors (Lipinski definition) is 2. The molecule has 0 fully saturated rings. The number of carboxylic acid groups (broad SMARTS) is 1. The molecule has 0 atom stereocenters. The van der Waals surface area contributed by atoms with Gasteiger partial charge in [-0.05, 0) is 49.4 Å². The van der Waals surface area contributed by atoms with Crippen LogP contribution in [0.3, 0.4) is 0 Å². The molecule has 0 saturated carbocycles. The molecule has 132 valence electrons. The number of aromatic nitrogens is 3. The number of nitrogens with zero attached hydrogens (tertiary/aromatic N) is 2. The molecule has 2 N–H and O–H groups in total. The van der Waals surface area contributed by atoms with E-state index < -0.39 is 5.97 Å². The minimum Gasteiger partial charge on any atom is -0.490 e. The molecular formula is C17H19N3O4S. The number of carboxylic acids is 1. The summed E-state index contributed by atoms with van der Waals surface area (Å²) < 4.78 is 11.1. The number of aromatic amines is 1. The lowest BCUT2D eigenvalue weighted by Crippen LogP contribution is -2.00. The third kappa shape index (κ3) is 5.39. The summed E-state index contributed by atoms with van der Waals surface area (Å²) in [5.41, 5.74) is 0.673. The van der Waals surface area contributed by atoms with Gasteiger partial charge in [-0.2, -0.15) is 0 Å². The Labute approximate surface area is 149 Å². The van der Waals surface area contributed by atoms with E-state index in [9.17, 15) is 9.90 Å². The molecule has 0 bridgehead atoms. The maximum Gasteiger partial charge on any atom is 0.342 e. The highest BCUT2D eigenvalue weighted by atomic mass is 32.2. The summed E-state index contributed by atoms with van der Waals surface area (Å²) in [6.45, 7) is 8.05. The molecule has 25 heavy (non-hydrogen) atoms. The molecule has 1 aromatic heterocycles. The molecule has 7 nitrogen and oxygen atoms in total. The Morgan fingerprint density at radius 3 is 2.80 bits per heavy atom. The summed E-state index contributed by atoms with van der Waals surface area (Å²) in [5.74, 6) is 0.682. The number of thioether (sulfide) groups is 1. The highest BCUT2D eigenvalue weighted by Crippen LogP contribution is 2.31. The predicted octanol–water partition coefficient (Wildman–Crippen LogP) is 3.29. The van der Waals surface area contributed by atoms with E-state index in [0.29, 0.717) is 41.3 Å². The largest absolute Gasteiger partial charge is 0.490 e. The number of aliphatic carboxylic acids is 1. The van der Waals surface area contributed by atoms with Crippen molar-refractivity contribution in [3.05, 3.63) is 47.1 Å². The zero-order chi connectivity index (χ0) is 18.2. The van der Waals surface area contributed by atoms with Gasteiger partial charge in [-0.3, -0.25) is 5.10 Å². The monoisotopic (exact) mass is 361 g/mol. The Hall–Kier alpha value is -2.74. The molecule has 2 rings (SSSR count). The van der Waals surface area contributed by atoms with Gasteiger partial charge in [0.15, 0.2) is 11.5 Å². The molecule has 1 aromatic carbocycles. The van der Waals surface area contributed by atoms with Crippen LogP contribution in [-0.2, 0) is 4.79 Å². The fraction of sp³-hybridized carbons (Fsp3) is 0.235. The minimum absolute atomic E-state index is 0.0983. The number of rotatable bonds is 9. The first-order valence-corrected chi connectivity index (χ1v) is 8.37. The lowest BCUT2D eigenvalue weighted by Gasteiger charge is -2.11. The minimum atomic E-state index is -1.06. The lowest BCUT2D eigenvalue weighted by molar-refractivity contribution is -0.131. The van der Waals surface area contributed by atoms with Gasteiger partial charge in [0, 0.05) is 0 Å². The highest BCUT2D eigenvalue weighted by Gasteiger charge is 2.14. The average Bonchev–Trinajstić information content (AvgIpc) is 2.99. The van der Waals surface area contributed by atoms with Crippen LogP contribution in [0.4, 0.5) is 0 Å². The predicted molar refractivity (Wildman–Crippen MR) is 95.9 cm³/mol. The quantitative estimate of drug-likeness (QED) is 0.402. The van der Waals surface area contributed by atoms with Crippen molar-refractivity contribution >= 4 is 23.8 Å². The second kappa shape index (κ2) is 8.93. The van der Waals surface area contributed by atoms with E-state index in [0.717, 1.165) is 11.8 Å². The van der Waals surface area contributed by atoms with Crippen molar-refractivity contribution in [2.45, 2.75) is 19.0 Å². The van der Waals surface area contributed by atoms with E-state index in [-0.39, 0.29) is 4.91 Å². The van der Waals surface area contributed by atoms with E-state index in [1.54, 1.807) is 37.3 Å². The van der Waals surface area contributed by atoms with Crippen LogP contribution in [0.2, 0.25) is 0 Å². The molecule has 8 heteroatoms. The van der Waals surface area contributed by atoms with Crippen LogP contribution in [0, 0.1) is 6.92 Å². The van der Waals surface area contributed by atoms with Crippen LogP contribution in [-0.4, -0.2) is 39.5 Å². The van der Waals surface area contributed by atoms with Gasteiger partial charge in [-0.25, -0.2) is 9.78 Å². The molecule has 1 heterocycles. The van der Waals surface area contributed by atoms with Crippen LogP contribution < -0.4 is 9.47 Å². The second-order valence-electron chi connectivity index (χ2n) is 4.86. The van der Waals surface area contributed by atoms with Gasteiger partial charge >= 0.3 is 5.97 Å². The van der Waals surface area contributed by atoms with Gasteiger partial charge in [0.05, 0.1) is 6.61 Å². The Kier molecular flexibility index (Phi) is 6.64. The summed E-state index contributed by atoms with van der Waals surface area (Å²) >= 11 is 0.973. The molecule has 0 saturated heterocycles. The number of aryl methyl sites for hydroxylation is 1. The van der Waals surface area contributed by atoms with Crippen molar-refractivity contribution in [2.75, 3.05) is 13.2 Å². The van der Waals surface area contributed by atoms with Gasteiger partial charge in [0.1, 0.15) is 17.3 Å². The number of ether oxygens (including phenoxy) is 2. The Balaban J connectivity index is 2.29. The molecule has 0 aliphatic heterocycles. The molecular weight excluding hydrogens is 342 g/mol. The maximum absolute atomic E-state index is 11.5. The Bertz CT molecular complexity index is 786. The third-order valence-electron chi connectivity index (χ3n) is 2.91. The standard InChI is InChI=1S/C17H19N3O4S/c1-4-8-24-13-7-6-12(9-14(13)23-5-2)10-15(16(21)22)25-17-18-11(3)19-20-17/h4,6-7,9-10H,1,5,8H2,2-3H3,(H,21,22)(H,18,19,20)/b15-10-. The number of hydrogen-bond acceptors (Lipinski definition) is 6. The summed E-state index contributed by atoms with van der Waals surface area (Å²) in [4.78, 5) is 15.7. The highest BCUT2D eigenvalue weighted by molar-refractivity contribution is 8.04. The van der Waals surface area contributed by atoms with E-state index >= 15 is 0 Å². The van der Waals surface area contributed by atoms with Crippen molar-refractivity contribution in [3.63, 3.8) is 0 Å². The first-order chi connectivity index (χ1) is 12.0. The summed E-state index contributed by atoms with van der Waals surface area (Å²) in [6.07, 6.45) is 3.18. The fourth-order valence-corrected chi connectivity index (χ4v) is 2.66. The summed E-state index contributed by atoms with van der Waals surface area (Å²) in [7, 11) is 0. The van der Waals surface area contributed by atoms with Gasteiger partial charge in [0.2, 0.25) is 5.16 Å². The smallest absolute Gasteiger partial charge is 0.342 e. The van der Waals surface area contributed by atoms with E-state index in [1.165, 1.54) is 0 Å². The SMILES string of the molecule is C=CCOc1ccc(/C=C(\Sc2n[nH]c(C)n2)C(=O)O)cc1OCC. The second-order valence-corrected chi connectivity index (χ2v) is 5.87. The molecule has 0 radical (unpaired) electrons. The first kappa shape index (κ1) is 18.6. The number of carbonyl (C=O) groups is 1. The van der Waals surface area contributed by atoms with Crippen molar-refractivity contribution in [1.29, 1.82) is 0 Å². The number of nitrogens with one attached hydrogen (secondary N) is 1. The van der Waals surface area contributed by atoms with Crippen molar-refractivity contribution in [2.24, 2.45) is 0 Å². The van der Waals surface area contributed by atoms with Crippen LogP contribution in [0.5, 0.6) is 11.5 Å². The van der Waals surface area contributed by atoms with E-state index in [4.69, 9.17) is 9.47 Å². The van der Waals surface area contributed by atoms with Crippen LogP contribution in [0.1, 0.15) is 18.3 Å². The van der Waals surface area contributed by atoms with Gasteiger partial charge in [-0.1, -0.05) is 18.7 Å². The van der Waals surface area contributed by atoms with Crippen LogP contribution in [0.25, 0.3) is 6.08 Å². The number of H-pyrrole nitrogens is 1. The zero-order valence-electron chi connectivity index (χ0n) is 14.0. The molecule has 0 aliphatic carbocycles. The van der Waals surface area contributed by atoms with E-state index in [2.05, 4.69) is 21.8 Å². The van der Waals surface area contributed by atoms with Crippen molar-refractivity contribution < 1.29 is 19.4 Å². The van der Waals surface area contributed by atoms with Crippen molar-refractivity contribution in [3.8, 4) is 11.5 Å². The zero-order valence-corrected chi connectivity index (χ0v) is 14.8. The van der Waals surface area contributed by atoms with Crippen LogP contribution >= 0.6 is 11.8 Å². The lowest BCUT2D eigenvalue weighted by atomic mass is 10.2. The first-order valence-electron chi connectivity index (χ1n) is 7.55. The third-order valence-corrected chi connectivity index (χ3v) is 3.79. The maximum atomic E-state index is 11.5. The normalized spacial score (nSPS) is 11.2. The van der Waals surface area contributed by atoms with Gasteiger partial charge in [-0.15, -0.1) is 5.10 Å². The van der Waals surface area contributed by atoms with Crippen LogP contribution in [0.15, 0.2) is 40.9 Å². The summed E-state index contributed by atoms with van der Waals surface area (Å²) in [6, 6.07) is 5.23. The molecule has 0 spiro atoms. The topological polar surface area (TPSA) is 97.3 Å². The van der Waals surface area contributed by atoms with Crippen molar-refractivity contribution in [1.82, 2.24) is 15.2 Å². The molecule has 0 amide bonds. The fourth-order valence-electron chi connectivity index (χ4n) is 1.90. The molecule has 2 aromatic rings. The Morgan fingerprint density at radius 1 is 1.40 bits per heavy atom. The summed E-state index contributed by atoms with van der Waals surface area (Å²) in [5, 5.41) is 16.4. The Morgan fingerprint density at radius 2 is 2.20 bits per heavy atom. The van der Waals surface area contributed by atoms with Gasteiger partial charge < -0.3 is 14.6 Å². The van der Waals surface area contributed by atoms with E-state index in [1.807, 2.05) is 6.92 Å². The molecule has 0 aliphatic rings. The average molecular weight is 361 g/mol. The van der Waals surface area contributed by atoms with Gasteiger partial charge in [0.25, 0.3) is 0 Å².